The van der Waals surface area contributed by atoms with Gasteiger partial charge in [-0.3, -0.25) is 9.59 Å². The van der Waals surface area contributed by atoms with Crippen LogP contribution in [0.25, 0.3) is 0 Å². The molecule has 2 aromatic carbocycles. The first kappa shape index (κ1) is 20.2. The minimum Gasteiger partial charge on any atom is -0.304 e. The van der Waals surface area contributed by atoms with E-state index in [1.54, 1.807) is 6.92 Å². The quantitative estimate of drug-likeness (QED) is 0.756. The Bertz CT molecular complexity index is 1020. The van der Waals surface area contributed by atoms with Gasteiger partial charge in [-0.1, -0.05) is 13.3 Å². The molecule has 0 fully saturated rings. The summed E-state index contributed by atoms with van der Waals surface area (Å²) in [6.45, 7) is 3.68. The zero-order chi connectivity index (χ0) is 20.5. The maximum Gasteiger partial charge on any atom is 0.258 e. The smallest absolute Gasteiger partial charge is 0.258 e. The molecule has 0 aromatic heterocycles. The molecule has 7 heteroatoms. The predicted molar refractivity (Wildman–Crippen MR) is 105 cm³/mol. The number of unbranched alkanes of at least 4 members (excludes halogenated alkanes) is 1. The maximum atomic E-state index is 13.5. The molecule has 0 spiro atoms. The van der Waals surface area contributed by atoms with E-state index in [0.717, 1.165) is 12.5 Å². The van der Waals surface area contributed by atoms with E-state index < -0.39 is 15.7 Å². The fourth-order valence-corrected chi connectivity index (χ4v) is 4.81. The van der Waals surface area contributed by atoms with Crippen LogP contribution in [0.2, 0.25) is 0 Å². The standard InChI is InChI=1S/C21H22FNO4S/c1-3-4-11-28(26,27)17-8-5-15(6-9-17)21(25)23-14(2)12-20(24)18-13-16(22)7-10-19(18)23/h5-10,13-14H,3-4,11-12H2,1-2H3. The second-order valence-electron chi connectivity index (χ2n) is 7.01. The van der Waals surface area contributed by atoms with E-state index >= 15 is 0 Å². The van der Waals surface area contributed by atoms with Gasteiger partial charge in [0.05, 0.1) is 16.3 Å². The van der Waals surface area contributed by atoms with Gasteiger partial charge in [0.2, 0.25) is 0 Å². The number of amides is 1. The van der Waals surface area contributed by atoms with Crippen LogP contribution >= 0.6 is 0 Å². The van der Waals surface area contributed by atoms with Crippen LogP contribution in [0.4, 0.5) is 10.1 Å². The molecule has 0 bridgehead atoms. The van der Waals surface area contributed by atoms with Gasteiger partial charge in [-0.2, -0.15) is 0 Å². The lowest BCUT2D eigenvalue weighted by molar-refractivity contribution is 0.0936. The number of hydrogen-bond donors (Lipinski definition) is 0. The number of fused-ring (bicyclic) bond motifs is 1. The van der Waals surface area contributed by atoms with Crippen molar-refractivity contribution in [3.8, 4) is 0 Å². The molecule has 1 unspecified atom stereocenters. The van der Waals surface area contributed by atoms with Crippen molar-refractivity contribution in [3.63, 3.8) is 0 Å². The van der Waals surface area contributed by atoms with Crippen LogP contribution in [-0.4, -0.2) is 31.9 Å². The van der Waals surface area contributed by atoms with Gasteiger partial charge in [-0.15, -0.1) is 0 Å². The Morgan fingerprint density at radius 2 is 1.86 bits per heavy atom. The van der Waals surface area contributed by atoms with E-state index in [2.05, 4.69) is 0 Å². The van der Waals surface area contributed by atoms with Gasteiger partial charge < -0.3 is 4.90 Å². The van der Waals surface area contributed by atoms with E-state index in [1.165, 1.54) is 41.3 Å². The molecule has 2 aromatic rings. The fourth-order valence-electron chi connectivity index (χ4n) is 3.35. The molecule has 1 aliphatic rings. The van der Waals surface area contributed by atoms with Gasteiger partial charge in [-0.25, -0.2) is 12.8 Å². The van der Waals surface area contributed by atoms with Gasteiger partial charge in [0.15, 0.2) is 15.6 Å². The summed E-state index contributed by atoms with van der Waals surface area (Å²) in [5, 5.41) is 0. The number of Topliss-reactive ketones (excluding diaryl/α,β-unsaturated/α-hetero) is 1. The van der Waals surface area contributed by atoms with Gasteiger partial charge in [0, 0.05) is 23.6 Å². The van der Waals surface area contributed by atoms with Crippen molar-refractivity contribution in [3.05, 3.63) is 59.4 Å². The number of nitrogens with zero attached hydrogens (tertiary/aromatic N) is 1. The molecule has 1 amide bonds. The molecular weight excluding hydrogens is 381 g/mol. The Hall–Kier alpha value is -2.54. The van der Waals surface area contributed by atoms with Crippen LogP contribution in [0, 0.1) is 5.82 Å². The highest BCUT2D eigenvalue weighted by molar-refractivity contribution is 7.91. The van der Waals surface area contributed by atoms with Gasteiger partial charge >= 0.3 is 0 Å². The Morgan fingerprint density at radius 1 is 1.18 bits per heavy atom. The number of sulfone groups is 1. The zero-order valence-corrected chi connectivity index (χ0v) is 16.6. The van der Waals surface area contributed by atoms with Crippen molar-refractivity contribution in [1.82, 2.24) is 0 Å². The number of halogens is 1. The lowest BCUT2D eigenvalue weighted by atomic mass is 9.94. The van der Waals surface area contributed by atoms with E-state index in [9.17, 15) is 22.4 Å². The van der Waals surface area contributed by atoms with Crippen LogP contribution in [-0.2, 0) is 9.84 Å². The van der Waals surface area contributed by atoms with Gasteiger partial charge in [-0.05, 0) is 55.8 Å². The first-order chi connectivity index (χ1) is 13.2. The second-order valence-corrected chi connectivity index (χ2v) is 9.12. The minimum atomic E-state index is -3.37. The van der Waals surface area contributed by atoms with E-state index in [0.29, 0.717) is 17.7 Å². The predicted octanol–water partition coefficient (Wildman–Crippen LogP) is 4.02. The normalized spacial score (nSPS) is 16.8. The van der Waals surface area contributed by atoms with Crippen molar-refractivity contribution in [2.24, 2.45) is 0 Å². The molecular formula is C21H22FNO4S. The van der Waals surface area contributed by atoms with Crippen molar-refractivity contribution < 1.29 is 22.4 Å². The Balaban J connectivity index is 1.92. The monoisotopic (exact) mass is 403 g/mol. The number of ketones is 1. The first-order valence-corrected chi connectivity index (χ1v) is 10.9. The summed E-state index contributed by atoms with van der Waals surface area (Å²) in [4.78, 5) is 26.9. The third kappa shape index (κ3) is 3.85. The number of benzene rings is 2. The minimum absolute atomic E-state index is 0.0704. The summed E-state index contributed by atoms with van der Waals surface area (Å²) in [6.07, 6.45) is 1.46. The highest BCUT2D eigenvalue weighted by atomic mass is 32.2. The second kappa shape index (κ2) is 7.83. The largest absolute Gasteiger partial charge is 0.304 e. The van der Waals surface area contributed by atoms with E-state index in [4.69, 9.17) is 0 Å². The summed E-state index contributed by atoms with van der Waals surface area (Å²) in [6, 6.07) is 9.24. The summed E-state index contributed by atoms with van der Waals surface area (Å²) in [7, 11) is -3.37. The highest BCUT2D eigenvalue weighted by Gasteiger charge is 2.33. The van der Waals surface area contributed by atoms with E-state index in [-0.39, 0.29) is 40.4 Å². The number of rotatable bonds is 5. The van der Waals surface area contributed by atoms with Gasteiger partial charge in [0.25, 0.3) is 5.91 Å². The highest BCUT2D eigenvalue weighted by Crippen LogP contribution is 2.32. The molecule has 1 aliphatic heterocycles. The Morgan fingerprint density at radius 3 is 2.50 bits per heavy atom. The summed E-state index contributed by atoms with van der Waals surface area (Å²) in [5.74, 6) is -1.02. The third-order valence-electron chi connectivity index (χ3n) is 4.89. The molecule has 0 N–H and O–H groups in total. The molecule has 0 saturated heterocycles. The van der Waals surface area contributed by atoms with Crippen molar-refractivity contribution in [1.29, 1.82) is 0 Å². The molecule has 3 rings (SSSR count). The Labute approximate surface area is 164 Å². The summed E-state index contributed by atoms with van der Waals surface area (Å²) in [5.41, 5.74) is 0.867. The molecule has 0 saturated carbocycles. The van der Waals surface area contributed by atoms with Crippen LogP contribution in [0.5, 0.6) is 0 Å². The zero-order valence-electron chi connectivity index (χ0n) is 15.8. The molecule has 1 atom stereocenters. The number of carbonyl (C=O) groups is 2. The average molecular weight is 403 g/mol. The molecule has 0 aliphatic carbocycles. The van der Waals surface area contributed by atoms with Crippen LogP contribution in [0.3, 0.4) is 0 Å². The lowest BCUT2D eigenvalue weighted by Gasteiger charge is -2.34. The van der Waals surface area contributed by atoms with Crippen molar-refractivity contribution in [2.75, 3.05) is 10.7 Å². The van der Waals surface area contributed by atoms with Crippen molar-refractivity contribution >= 4 is 27.2 Å². The lowest BCUT2D eigenvalue weighted by Crippen LogP contribution is -2.44. The summed E-state index contributed by atoms with van der Waals surface area (Å²) < 4.78 is 38.1. The first-order valence-electron chi connectivity index (χ1n) is 9.23. The van der Waals surface area contributed by atoms with Crippen LogP contribution in [0.15, 0.2) is 47.4 Å². The molecule has 148 valence electrons. The Kier molecular flexibility index (Phi) is 5.65. The molecule has 5 nitrogen and oxygen atoms in total. The fraction of sp³-hybridized carbons (Fsp3) is 0.333. The molecule has 0 radical (unpaired) electrons. The maximum absolute atomic E-state index is 13.5. The van der Waals surface area contributed by atoms with Crippen LogP contribution < -0.4 is 4.90 Å². The van der Waals surface area contributed by atoms with Gasteiger partial charge in [0.1, 0.15) is 5.82 Å². The van der Waals surface area contributed by atoms with Crippen molar-refractivity contribution in [2.45, 2.75) is 44.0 Å². The summed E-state index contributed by atoms with van der Waals surface area (Å²) >= 11 is 0. The third-order valence-corrected chi connectivity index (χ3v) is 6.70. The molecule has 1 heterocycles. The topological polar surface area (TPSA) is 71.5 Å². The van der Waals surface area contributed by atoms with Crippen LogP contribution in [0.1, 0.15) is 53.8 Å². The number of hydrogen-bond acceptors (Lipinski definition) is 4. The average Bonchev–Trinajstić information content (AvgIpc) is 2.67. The van der Waals surface area contributed by atoms with E-state index in [1.807, 2.05) is 6.92 Å². The number of carbonyl (C=O) groups excluding carboxylic acids is 2. The SMILES string of the molecule is CCCCS(=O)(=O)c1ccc(C(=O)N2c3ccc(F)cc3C(=O)CC2C)cc1. The molecule has 28 heavy (non-hydrogen) atoms. The number of anilines is 1.